The zero-order valence-electron chi connectivity index (χ0n) is 15.0. The number of carbonyl (C=O) groups excluding carboxylic acids is 1. The summed E-state index contributed by atoms with van der Waals surface area (Å²) in [7, 11) is 0. The molecule has 0 radical (unpaired) electrons. The molecule has 4 rings (SSSR count). The highest BCUT2D eigenvalue weighted by molar-refractivity contribution is 6.31. The van der Waals surface area contributed by atoms with Crippen LogP contribution in [0.1, 0.15) is 36.4 Å². The van der Waals surface area contributed by atoms with Crippen LogP contribution in [0, 0.1) is 6.92 Å². The molecule has 6 nitrogen and oxygen atoms in total. The molecular formula is C20H20ClN5O. The van der Waals surface area contributed by atoms with Crippen molar-refractivity contribution < 1.29 is 4.79 Å². The summed E-state index contributed by atoms with van der Waals surface area (Å²) >= 11 is 6.15. The molecule has 7 heteroatoms. The highest BCUT2D eigenvalue weighted by Gasteiger charge is 2.28. The van der Waals surface area contributed by atoms with Crippen molar-refractivity contribution in [3.63, 3.8) is 0 Å². The minimum atomic E-state index is -0.0365. The van der Waals surface area contributed by atoms with Crippen molar-refractivity contribution in [2.24, 2.45) is 0 Å². The summed E-state index contributed by atoms with van der Waals surface area (Å²) in [6.07, 6.45) is 3.25. The summed E-state index contributed by atoms with van der Waals surface area (Å²) in [4.78, 5) is 12.3. The first-order valence-corrected chi connectivity index (χ1v) is 9.41. The largest absolute Gasteiger partial charge is 0.326 e. The highest BCUT2D eigenvalue weighted by atomic mass is 35.5. The first-order chi connectivity index (χ1) is 13.1. The molecule has 1 heterocycles. The van der Waals surface area contributed by atoms with Crippen molar-refractivity contribution in [1.29, 1.82) is 0 Å². The van der Waals surface area contributed by atoms with Gasteiger partial charge in [0.1, 0.15) is 0 Å². The Morgan fingerprint density at radius 1 is 1.26 bits per heavy atom. The van der Waals surface area contributed by atoms with Crippen LogP contribution in [0.15, 0.2) is 42.5 Å². The molecule has 0 aliphatic heterocycles. The number of halogens is 1. The molecule has 0 spiro atoms. The van der Waals surface area contributed by atoms with Crippen molar-refractivity contribution in [3.8, 4) is 11.4 Å². The van der Waals surface area contributed by atoms with Crippen LogP contribution in [0.25, 0.3) is 11.4 Å². The van der Waals surface area contributed by atoms with Gasteiger partial charge in [0.15, 0.2) is 5.82 Å². The molecule has 0 unspecified atom stereocenters. The second kappa shape index (κ2) is 7.48. The lowest BCUT2D eigenvalue weighted by Crippen LogP contribution is -2.12. The first kappa shape index (κ1) is 17.7. The van der Waals surface area contributed by atoms with Crippen LogP contribution in [-0.4, -0.2) is 26.1 Å². The first-order valence-electron chi connectivity index (χ1n) is 9.03. The van der Waals surface area contributed by atoms with Crippen molar-refractivity contribution in [1.82, 2.24) is 20.2 Å². The molecule has 3 aromatic rings. The summed E-state index contributed by atoms with van der Waals surface area (Å²) in [6, 6.07) is 13.9. The molecule has 2 aromatic carbocycles. The molecule has 0 bridgehead atoms. The summed E-state index contributed by atoms with van der Waals surface area (Å²) in [5.74, 6) is 0.702. The minimum Gasteiger partial charge on any atom is -0.326 e. The van der Waals surface area contributed by atoms with E-state index >= 15 is 0 Å². The van der Waals surface area contributed by atoms with Crippen LogP contribution in [0.3, 0.4) is 0 Å². The SMILES string of the molecule is Cc1ccc(CCC(=O)Nc2cccc(-c3nnnn3C3CC3)c2)cc1Cl. The van der Waals surface area contributed by atoms with E-state index in [1.807, 2.05) is 54.1 Å². The standard InChI is InChI=1S/C20H20ClN5O/c1-13-5-6-14(11-18(13)21)7-10-19(27)22-16-4-2-3-15(12-16)20-23-24-25-26(20)17-8-9-17/h2-6,11-12,17H,7-10H2,1H3,(H,22,27). The van der Waals surface area contributed by atoms with E-state index in [0.717, 1.165) is 46.1 Å². The van der Waals surface area contributed by atoms with Gasteiger partial charge in [-0.1, -0.05) is 35.9 Å². The fourth-order valence-electron chi connectivity index (χ4n) is 2.96. The van der Waals surface area contributed by atoms with Crippen molar-refractivity contribution in [2.45, 2.75) is 38.6 Å². The van der Waals surface area contributed by atoms with Crippen molar-refractivity contribution >= 4 is 23.2 Å². The van der Waals surface area contributed by atoms with E-state index in [4.69, 9.17) is 11.6 Å². The molecule has 27 heavy (non-hydrogen) atoms. The Kier molecular flexibility index (Phi) is 4.90. The van der Waals surface area contributed by atoms with Gasteiger partial charge in [-0.3, -0.25) is 4.79 Å². The maximum absolute atomic E-state index is 12.3. The van der Waals surface area contributed by atoms with Crippen LogP contribution < -0.4 is 5.32 Å². The lowest BCUT2D eigenvalue weighted by molar-refractivity contribution is -0.116. The number of aromatic nitrogens is 4. The fraction of sp³-hybridized carbons (Fsp3) is 0.300. The van der Waals surface area contributed by atoms with Crippen LogP contribution in [-0.2, 0) is 11.2 Å². The third kappa shape index (κ3) is 4.17. The predicted octanol–water partition coefficient (Wildman–Crippen LogP) is 4.21. The van der Waals surface area contributed by atoms with Crippen molar-refractivity contribution in [3.05, 3.63) is 58.6 Å². The Bertz CT molecular complexity index is 980. The number of benzene rings is 2. The molecule has 1 aromatic heterocycles. The van der Waals surface area contributed by atoms with E-state index in [2.05, 4.69) is 20.8 Å². The normalized spacial score (nSPS) is 13.6. The number of hydrogen-bond donors (Lipinski definition) is 1. The monoisotopic (exact) mass is 381 g/mol. The fourth-order valence-corrected chi connectivity index (χ4v) is 3.16. The summed E-state index contributed by atoms with van der Waals surface area (Å²) < 4.78 is 1.86. The molecule has 1 fully saturated rings. The van der Waals surface area contributed by atoms with Gasteiger partial charge in [0.25, 0.3) is 0 Å². The molecule has 0 atom stereocenters. The number of tetrazole rings is 1. The molecule has 1 amide bonds. The zero-order valence-corrected chi connectivity index (χ0v) is 15.8. The van der Waals surface area contributed by atoms with Crippen LogP contribution in [0.2, 0.25) is 5.02 Å². The Balaban J connectivity index is 1.41. The number of nitrogens with one attached hydrogen (secondary N) is 1. The van der Waals surface area contributed by atoms with E-state index < -0.39 is 0 Å². The number of aryl methyl sites for hydroxylation is 2. The second-order valence-electron chi connectivity index (χ2n) is 6.89. The maximum Gasteiger partial charge on any atom is 0.224 e. The van der Waals surface area contributed by atoms with E-state index in [-0.39, 0.29) is 5.91 Å². The maximum atomic E-state index is 12.3. The Labute approximate surface area is 162 Å². The molecule has 1 aliphatic rings. The van der Waals surface area contributed by atoms with Gasteiger partial charge in [-0.15, -0.1) is 5.10 Å². The Morgan fingerprint density at radius 3 is 2.89 bits per heavy atom. The second-order valence-corrected chi connectivity index (χ2v) is 7.30. The highest BCUT2D eigenvalue weighted by Crippen LogP contribution is 2.36. The summed E-state index contributed by atoms with van der Waals surface area (Å²) in [6.45, 7) is 1.96. The average Bonchev–Trinajstić information content (AvgIpc) is 3.39. The topological polar surface area (TPSA) is 72.7 Å². The van der Waals surface area contributed by atoms with Gasteiger partial charge >= 0.3 is 0 Å². The van der Waals surface area contributed by atoms with E-state index in [0.29, 0.717) is 18.9 Å². The number of hydrogen-bond acceptors (Lipinski definition) is 4. The van der Waals surface area contributed by atoms with Crippen LogP contribution in [0.4, 0.5) is 5.69 Å². The Morgan fingerprint density at radius 2 is 2.11 bits per heavy atom. The van der Waals surface area contributed by atoms with E-state index in [1.54, 1.807) is 0 Å². The van der Waals surface area contributed by atoms with E-state index in [1.165, 1.54) is 0 Å². The third-order valence-corrected chi connectivity index (χ3v) is 5.07. The third-order valence-electron chi connectivity index (χ3n) is 4.67. The van der Waals surface area contributed by atoms with E-state index in [9.17, 15) is 4.79 Å². The molecule has 1 aliphatic carbocycles. The Hall–Kier alpha value is -2.73. The number of nitrogens with zero attached hydrogens (tertiary/aromatic N) is 4. The summed E-state index contributed by atoms with van der Waals surface area (Å²) in [5, 5.41) is 15.7. The molecule has 1 N–H and O–H groups in total. The van der Waals surface area contributed by atoms with Crippen LogP contribution >= 0.6 is 11.6 Å². The van der Waals surface area contributed by atoms with Gasteiger partial charge in [0.2, 0.25) is 5.91 Å². The molecular weight excluding hydrogens is 362 g/mol. The predicted molar refractivity (Wildman–Crippen MR) is 105 cm³/mol. The number of carbonyl (C=O) groups is 1. The van der Waals surface area contributed by atoms with Gasteiger partial charge in [-0.25, -0.2) is 4.68 Å². The summed E-state index contributed by atoms with van der Waals surface area (Å²) in [5.41, 5.74) is 3.73. The van der Waals surface area contributed by atoms with Crippen LogP contribution in [0.5, 0.6) is 0 Å². The lowest BCUT2D eigenvalue weighted by Gasteiger charge is -2.08. The number of amides is 1. The van der Waals surface area contributed by atoms with Gasteiger partial charge < -0.3 is 5.32 Å². The smallest absolute Gasteiger partial charge is 0.224 e. The van der Waals surface area contributed by atoms with Gasteiger partial charge in [-0.05, 0) is 65.9 Å². The molecule has 0 saturated heterocycles. The minimum absolute atomic E-state index is 0.0365. The number of rotatable bonds is 6. The van der Waals surface area contributed by atoms with Crippen molar-refractivity contribution in [2.75, 3.05) is 5.32 Å². The molecule has 138 valence electrons. The van der Waals surface area contributed by atoms with Gasteiger partial charge in [-0.2, -0.15) is 0 Å². The van der Waals surface area contributed by atoms with Gasteiger partial charge in [0, 0.05) is 22.7 Å². The van der Waals surface area contributed by atoms with Gasteiger partial charge in [0.05, 0.1) is 6.04 Å². The average molecular weight is 382 g/mol. The quantitative estimate of drug-likeness (QED) is 0.694. The molecule has 1 saturated carbocycles. The number of anilines is 1. The lowest BCUT2D eigenvalue weighted by atomic mass is 10.1. The zero-order chi connectivity index (χ0) is 18.8.